The van der Waals surface area contributed by atoms with Gasteiger partial charge in [-0.1, -0.05) is 13.8 Å². The fourth-order valence-electron chi connectivity index (χ4n) is 1.37. The van der Waals surface area contributed by atoms with Gasteiger partial charge in [0, 0.05) is 4.88 Å². The molecule has 0 radical (unpaired) electrons. The summed E-state index contributed by atoms with van der Waals surface area (Å²) in [6.07, 6.45) is 0. The number of nitrogens with zero attached hydrogens (tertiary/aromatic N) is 1. The molecule has 1 rings (SSSR count). The van der Waals surface area contributed by atoms with Crippen molar-refractivity contribution >= 4 is 23.2 Å². The highest BCUT2D eigenvalue weighted by Crippen LogP contribution is 2.17. The lowest BCUT2D eigenvalue weighted by atomic mass is 9.90. The van der Waals surface area contributed by atoms with Crippen LogP contribution in [-0.2, 0) is 9.53 Å². The molecule has 0 saturated carbocycles. The average Bonchev–Trinajstić information content (AvgIpc) is 2.82. The van der Waals surface area contributed by atoms with E-state index in [1.54, 1.807) is 13.0 Å². The number of carbonyl (C=O) groups is 2. The number of nitriles is 1. The minimum absolute atomic E-state index is 0.0490. The second kappa shape index (κ2) is 6.53. The molecular formula is C14H18N2O3S. The van der Waals surface area contributed by atoms with Crippen molar-refractivity contribution in [3.8, 4) is 6.07 Å². The van der Waals surface area contributed by atoms with E-state index >= 15 is 0 Å². The van der Waals surface area contributed by atoms with E-state index in [1.165, 1.54) is 11.3 Å². The highest BCUT2D eigenvalue weighted by atomic mass is 32.1. The van der Waals surface area contributed by atoms with E-state index in [-0.39, 0.29) is 12.5 Å². The van der Waals surface area contributed by atoms with Crippen LogP contribution in [0.15, 0.2) is 12.1 Å². The molecule has 0 unspecified atom stereocenters. The fraction of sp³-hybridized carbons (Fsp3) is 0.500. The van der Waals surface area contributed by atoms with E-state index in [0.29, 0.717) is 4.88 Å². The molecule has 0 aliphatic rings. The minimum Gasteiger partial charge on any atom is -0.451 e. The van der Waals surface area contributed by atoms with Crippen molar-refractivity contribution in [2.75, 3.05) is 6.61 Å². The Balaban J connectivity index is 2.52. The lowest BCUT2D eigenvalue weighted by molar-refractivity contribution is -0.125. The Kier molecular flexibility index (Phi) is 5.28. The number of esters is 1. The summed E-state index contributed by atoms with van der Waals surface area (Å²) in [6, 6.07) is 5.53. The van der Waals surface area contributed by atoms with Crippen LogP contribution in [0.3, 0.4) is 0 Å². The maximum atomic E-state index is 11.7. The third-order valence-electron chi connectivity index (χ3n) is 3.06. The molecule has 1 heterocycles. The number of thiophene rings is 1. The third kappa shape index (κ3) is 4.07. The molecule has 1 amide bonds. The summed E-state index contributed by atoms with van der Waals surface area (Å²) in [5.74, 6) is -1.06. The fourth-order valence-corrected chi connectivity index (χ4v) is 2.13. The predicted molar refractivity (Wildman–Crippen MR) is 76.3 cm³/mol. The number of aryl methyl sites for hydroxylation is 1. The summed E-state index contributed by atoms with van der Waals surface area (Å²) in [4.78, 5) is 24.9. The molecule has 108 valence electrons. The Morgan fingerprint density at radius 1 is 1.50 bits per heavy atom. The zero-order valence-corrected chi connectivity index (χ0v) is 12.8. The molecule has 1 aromatic rings. The maximum Gasteiger partial charge on any atom is 0.348 e. The average molecular weight is 294 g/mol. The summed E-state index contributed by atoms with van der Waals surface area (Å²) >= 11 is 1.31. The van der Waals surface area contributed by atoms with Crippen LogP contribution in [0.1, 0.15) is 35.3 Å². The van der Waals surface area contributed by atoms with E-state index in [0.717, 1.165) is 4.88 Å². The molecule has 0 saturated heterocycles. The second-order valence-electron chi connectivity index (χ2n) is 5.00. The standard InChI is InChI=1S/C14H18N2O3S/c1-9(2)14(4,8-15)16-12(17)7-19-13(18)11-6-5-10(3)20-11/h5-6,9H,7H2,1-4H3,(H,16,17)/t14-/m0/s1. The molecule has 1 N–H and O–H groups in total. The van der Waals surface area contributed by atoms with Crippen molar-refractivity contribution in [3.63, 3.8) is 0 Å². The zero-order chi connectivity index (χ0) is 15.3. The quantitative estimate of drug-likeness (QED) is 0.845. The smallest absolute Gasteiger partial charge is 0.348 e. The molecule has 5 nitrogen and oxygen atoms in total. The Bertz CT molecular complexity index is 545. The monoisotopic (exact) mass is 294 g/mol. The summed E-state index contributed by atoms with van der Waals surface area (Å²) in [5, 5.41) is 11.7. The van der Waals surface area contributed by atoms with Crippen LogP contribution in [0.2, 0.25) is 0 Å². The van der Waals surface area contributed by atoms with Crippen molar-refractivity contribution in [2.24, 2.45) is 5.92 Å². The Morgan fingerprint density at radius 3 is 2.60 bits per heavy atom. The van der Waals surface area contributed by atoms with Gasteiger partial charge in [0.1, 0.15) is 10.4 Å². The molecule has 0 aliphatic carbocycles. The molecule has 0 bridgehead atoms. The predicted octanol–water partition coefficient (Wildman–Crippen LogP) is 2.27. The molecule has 0 spiro atoms. The van der Waals surface area contributed by atoms with Crippen LogP contribution in [0, 0.1) is 24.2 Å². The lowest BCUT2D eigenvalue weighted by Crippen LogP contribution is -2.50. The molecule has 20 heavy (non-hydrogen) atoms. The number of hydrogen-bond donors (Lipinski definition) is 1. The summed E-state index contributed by atoms with van der Waals surface area (Å²) < 4.78 is 4.92. The number of carbonyl (C=O) groups excluding carboxylic acids is 2. The van der Waals surface area contributed by atoms with Gasteiger partial charge in [-0.15, -0.1) is 11.3 Å². The normalized spacial score (nSPS) is 13.4. The highest BCUT2D eigenvalue weighted by Gasteiger charge is 2.30. The first-order chi connectivity index (χ1) is 9.28. The molecular weight excluding hydrogens is 276 g/mol. The number of hydrogen-bond acceptors (Lipinski definition) is 5. The SMILES string of the molecule is Cc1ccc(C(=O)OCC(=O)N[C@@](C)(C#N)C(C)C)s1. The molecule has 1 atom stereocenters. The molecule has 0 aromatic carbocycles. The van der Waals surface area contributed by atoms with Crippen LogP contribution >= 0.6 is 11.3 Å². The summed E-state index contributed by atoms with van der Waals surface area (Å²) in [7, 11) is 0. The van der Waals surface area contributed by atoms with Crippen molar-refractivity contribution in [2.45, 2.75) is 33.2 Å². The number of ether oxygens (including phenoxy) is 1. The number of rotatable bonds is 5. The highest BCUT2D eigenvalue weighted by molar-refractivity contribution is 7.13. The molecule has 6 heteroatoms. The van der Waals surface area contributed by atoms with Gasteiger partial charge in [-0.25, -0.2) is 4.79 Å². The van der Waals surface area contributed by atoms with Crippen LogP contribution < -0.4 is 5.32 Å². The van der Waals surface area contributed by atoms with Gasteiger partial charge < -0.3 is 10.1 Å². The minimum atomic E-state index is -0.969. The van der Waals surface area contributed by atoms with Gasteiger partial charge in [0.05, 0.1) is 6.07 Å². The van der Waals surface area contributed by atoms with Crippen molar-refractivity contribution in [3.05, 3.63) is 21.9 Å². The second-order valence-corrected chi connectivity index (χ2v) is 6.29. The van der Waals surface area contributed by atoms with Crippen molar-refractivity contribution < 1.29 is 14.3 Å². The van der Waals surface area contributed by atoms with Gasteiger partial charge >= 0.3 is 5.97 Å². The number of amides is 1. The van der Waals surface area contributed by atoms with Crippen LogP contribution in [-0.4, -0.2) is 24.0 Å². The van der Waals surface area contributed by atoms with Gasteiger partial charge in [0.25, 0.3) is 5.91 Å². The van der Waals surface area contributed by atoms with E-state index in [1.807, 2.05) is 26.8 Å². The Labute approximate surface area is 122 Å². The first-order valence-electron chi connectivity index (χ1n) is 6.24. The van der Waals surface area contributed by atoms with Gasteiger partial charge in [-0.2, -0.15) is 5.26 Å². The van der Waals surface area contributed by atoms with E-state index in [9.17, 15) is 9.59 Å². The first-order valence-corrected chi connectivity index (χ1v) is 7.06. The van der Waals surface area contributed by atoms with E-state index in [4.69, 9.17) is 10.00 Å². The third-order valence-corrected chi connectivity index (χ3v) is 4.04. The Morgan fingerprint density at radius 2 is 2.15 bits per heavy atom. The van der Waals surface area contributed by atoms with Crippen molar-refractivity contribution in [1.82, 2.24) is 5.32 Å². The Hall–Kier alpha value is -1.87. The summed E-state index contributed by atoms with van der Waals surface area (Å²) in [6.45, 7) is 6.81. The topological polar surface area (TPSA) is 79.2 Å². The van der Waals surface area contributed by atoms with Crippen LogP contribution in [0.4, 0.5) is 0 Å². The summed E-state index contributed by atoms with van der Waals surface area (Å²) in [5.41, 5.74) is -0.969. The van der Waals surface area contributed by atoms with Gasteiger partial charge in [0.15, 0.2) is 6.61 Å². The number of nitrogens with one attached hydrogen (secondary N) is 1. The largest absolute Gasteiger partial charge is 0.451 e. The molecule has 0 aliphatic heterocycles. The van der Waals surface area contributed by atoms with Crippen LogP contribution in [0.5, 0.6) is 0 Å². The molecule has 0 fully saturated rings. The van der Waals surface area contributed by atoms with Gasteiger partial charge in [0.2, 0.25) is 0 Å². The van der Waals surface area contributed by atoms with Gasteiger partial charge in [-0.05, 0) is 31.9 Å². The van der Waals surface area contributed by atoms with Gasteiger partial charge in [-0.3, -0.25) is 4.79 Å². The van der Waals surface area contributed by atoms with Crippen molar-refractivity contribution in [1.29, 1.82) is 5.26 Å². The van der Waals surface area contributed by atoms with Crippen LogP contribution in [0.25, 0.3) is 0 Å². The van der Waals surface area contributed by atoms with E-state index < -0.39 is 17.4 Å². The maximum absolute atomic E-state index is 11.7. The van der Waals surface area contributed by atoms with E-state index in [2.05, 4.69) is 11.4 Å². The lowest BCUT2D eigenvalue weighted by Gasteiger charge is -2.27. The first kappa shape index (κ1) is 16.2. The molecule has 1 aromatic heterocycles. The zero-order valence-electron chi connectivity index (χ0n) is 12.0.